The Balaban J connectivity index is 1.95. The minimum atomic E-state index is -0.170. The molecular formula is C12H12BrFN4. The summed E-state index contributed by atoms with van der Waals surface area (Å²) in [5.41, 5.74) is 1.63. The van der Waals surface area contributed by atoms with Crippen molar-refractivity contribution in [1.82, 2.24) is 14.8 Å². The molecule has 2 heterocycles. The molecule has 0 spiro atoms. The summed E-state index contributed by atoms with van der Waals surface area (Å²) in [4.78, 5) is 2.14. The van der Waals surface area contributed by atoms with Crippen LogP contribution in [-0.4, -0.2) is 21.3 Å². The SMILES string of the molecule is Fc1cccc(N2CCn3cnnc3C2)c1CBr. The number of alkyl halides is 1. The average Bonchev–Trinajstić information content (AvgIpc) is 2.85. The lowest BCUT2D eigenvalue weighted by molar-refractivity contribution is 0.555. The Morgan fingerprint density at radius 3 is 3.06 bits per heavy atom. The van der Waals surface area contributed by atoms with Gasteiger partial charge in [0.1, 0.15) is 12.1 Å². The first kappa shape index (κ1) is 11.6. The number of rotatable bonds is 2. The molecule has 3 rings (SSSR count). The maximum atomic E-state index is 13.8. The first-order chi connectivity index (χ1) is 8.79. The summed E-state index contributed by atoms with van der Waals surface area (Å²) in [6.45, 7) is 2.35. The Morgan fingerprint density at radius 1 is 1.33 bits per heavy atom. The van der Waals surface area contributed by atoms with E-state index in [0.29, 0.717) is 17.4 Å². The number of nitrogens with zero attached hydrogens (tertiary/aromatic N) is 4. The Morgan fingerprint density at radius 2 is 2.22 bits per heavy atom. The van der Waals surface area contributed by atoms with Crippen LogP contribution in [0.4, 0.5) is 10.1 Å². The average molecular weight is 311 g/mol. The van der Waals surface area contributed by atoms with Crippen molar-refractivity contribution in [1.29, 1.82) is 0 Å². The highest BCUT2D eigenvalue weighted by atomic mass is 79.9. The molecule has 0 aliphatic carbocycles. The minimum absolute atomic E-state index is 0.170. The van der Waals surface area contributed by atoms with Gasteiger partial charge in [0.25, 0.3) is 0 Å². The van der Waals surface area contributed by atoms with Crippen LogP contribution in [0.15, 0.2) is 24.5 Å². The van der Waals surface area contributed by atoms with Gasteiger partial charge in [-0.3, -0.25) is 0 Å². The van der Waals surface area contributed by atoms with Crippen molar-refractivity contribution < 1.29 is 4.39 Å². The van der Waals surface area contributed by atoms with Crippen molar-refractivity contribution in [3.05, 3.63) is 41.7 Å². The van der Waals surface area contributed by atoms with E-state index in [-0.39, 0.29) is 5.82 Å². The fraction of sp³-hybridized carbons (Fsp3) is 0.333. The summed E-state index contributed by atoms with van der Waals surface area (Å²) >= 11 is 3.35. The number of hydrogen-bond donors (Lipinski definition) is 0. The van der Waals surface area contributed by atoms with Crippen LogP contribution in [0.1, 0.15) is 11.4 Å². The number of anilines is 1. The zero-order chi connectivity index (χ0) is 12.5. The molecule has 0 atom stereocenters. The molecule has 0 saturated carbocycles. The van der Waals surface area contributed by atoms with Crippen LogP contribution in [0.25, 0.3) is 0 Å². The van der Waals surface area contributed by atoms with Crippen molar-refractivity contribution in [3.8, 4) is 0 Å². The van der Waals surface area contributed by atoms with Crippen molar-refractivity contribution in [2.24, 2.45) is 0 Å². The first-order valence-electron chi connectivity index (χ1n) is 5.74. The maximum absolute atomic E-state index is 13.8. The summed E-state index contributed by atoms with van der Waals surface area (Å²) in [6, 6.07) is 5.19. The largest absolute Gasteiger partial charge is 0.362 e. The summed E-state index contributed by atoms with van der Waals surface area (Å²) < 4.78 is 15.8. The zero-order valence-electron chi connectivity index (χ0n) is 9.68. The third-order valence-electron chi connectivity index (χ3n) is 3.21. The Hall–Kier alpha value is -1.43. The molecule has 6 heteroatoms. The normalized spacial score (nSPS) is 14.7. The third kappa shape index (κ3) is 1.90. The molecule has 0 bridgehead atoms. The molecule has 0 amide bonds. The second kappa shape index (κ2) is 4.68. The monoisotopic (exact) mass is 310 g/mol. The van der Waals surface area contributed by atoms with Gasteiger partial charge in [-0.25, -0.2) is 4.39 Å². The Bertz CT molecular complexity index is 569. The Kier molecular flexibility index (Phi) is 3.03. The quantitative estimate of drug-likeness (QED) is 0.798. The topological polar surface area (TPSA) is 34.0 Å². The van der Waals surface area contributed by atoms with Gasteiger partial charge in [-0.2, -0.15) is 0 Å². The van der Waals surface area contributed by atoms with Crippen molar-refractivity contribution in [2.75, 3.05) is 11.4 Å². The maximum Gasteiger partial charge on any atom is 0.152 e. The van der Waals surface area contributed by atoms with Crippen LogP contribution in [0, 0.1) is 5.82 Å². The number of aromatic nitrogens is 3. The van der Waals surface area contributed by atoms with E-state index in [2.05, 4.69) is 31.0 Å². The van der Waals surface area contributed by atoms with E-state index in [9.17, 15) is 4.39 Å². The lowest BCUT2D eigenvalue weighted by Crippen LogP contribution is -2.34. The van der Waals surface area contributed by atoms with E-state index in [1.54, 1.807) is 12.4 Å². The van der Waals surface area contributed by atoms with Gasteiger partial charge in [-0.05, 0) is 12.1 Å². The van der Waals surface area contributed by atoms with Crippen LogP contribution < -0.4 is 4.90 Å². The van der Waals surface area contributed by atoms with Crippen LogP contribution in [0.3, 0.4) is 0 Å². The first-order valence-corrected chi connectivity index (χ1v) is 6.86. The second-order valence-corrected chi connectivity index (χ2v) is 4.79. The van der Waals surface area contributed by atoms with Gasteiger partial charge < -0.3 is 9.47 Å². The lowest BCUT2D eigenvalue weighted by Gasteiger charge is -2.30. The van der Waals surface area contributed by atoms with Crippen LogP contribution in [0.2, 0.25) is 0 Å². The molecule has 0 fully saturated rings. The molecule has 2 aromatic rings. The van der Waals surface area contributed by atoms with Gasteiger partial charge in [0.2, 0.25) is 0 Å². The van der Waals surface area contributed by atoms with Crippen molar-refractivity contribution in [2.45, 2.75) is 18.4 Å². The minimum Gasteiger partial charge on any atom is -0.362 e. The van der Waals surface area contributed by atoms with Gasteiger partial charge in [-0.15, -0.1) is 10.2 Å². The highest BCUT2D eigenvalue weighted by Crippen LogP contribution is 2.27. The fourth-order valence-electron chi connectivity index (χ4n) is 2.25. The van der Waals surface area contributed by atoms with E-state index in [1.807, 2.05) is 10.6 Å². The van der Waals surface area contributed by atoms with Gasteiger partial charge in [-0.1, -0.05) is 22.0 Å². The summed E-state index contributed by atoms with van der Waals surface area (Å²) in [7, 11) is 0. The fourth-order valence-corrected chi connectivity index (χ4v) is 2.80. The molecule has 4 nitrogen and oxygen atoms in total. The molecular weight excluding hydrogens is 299 g/mol. The zero-order valence-corrected chi connectivity index (χ0v) is 11.3. The standard InChI is InChI=1S/C12H12BrFN4/c13-6-9-10(14)2-1-3-11(9)17-4-5-18-8-15-16-12(18)7-17/h1-3,8H,4-7H2. The van der Waals surface area contributed by atoms with Crippen LogP contribution in [0.5, 0.6) is 0 Å². The Labute approximate surface area is 113 Å². The highest BCUT2D eigenvalue weighted by molar-refractivity contribution is 9.08. The highest BCUT2D eigenvalue weighted by Gasteiger charge is 2.20. The molecule has 0 saturated heterocycles. The molecule has 0 N–H and O–H groups in total. The van der Waals surface area contributed by atoms with Gasteiger partial charge in [0.15, 0.2) is 5.82 Å². The number of benzene rings is 1. The molecule has 1 aliphatic heterocycles. The molecule has 18 heavy (non-hydrogen) atoms. The molecule has 1 aliphatic rings. The van der Waals surface area contributed by atoms with Gasteiger partial charge >= 0.3 is 0 Å². The second-order valence-electron chi connectivity index (χ2n) is 4.23. The molecule has 0 unspecified atom stereocenters. The van der Waals surface area contributed by atoms with E-state index < -0.39 is 0 Å². The molecule has 0 radical (unpaired) electrons. The smallest absolute Gasteiger partial charge is 0.152 e. The van der Waals surface area contributed by atoms with E-state index in [1.165, 1.54) is 6.07 Å². The van der Waals surface area contributed by atoms with E-state index in [0.717, 1.165) is 24.6 Å². The number of hydrogen-bond acceptors (Lipinski definition) is 3. The lowest BCUT2D eigenvalue weighted by atomic mass is 10.1. The number of halogens is 2. The molecule has 1 aromatic heterocycles. The summed E-state index contributed by atoms with van der Waals surface area (Å²) in [6.07, 6.45) is 1.74. The van der Waals surface area contributed by atoms with Crippen molar-refractivity contribution >= 4 is 21.6 Å². The predicted molar refractivity (Wildman–Crippen MR) is 70.1 cm³/mol. The van der Waals surface area contributed by atoms with Gasteiger partial charge in [0.05, 0.1) is 6.54 Å². The van der Waals surface area contributed by atoms with Crippen LogP contribution in [-0.2, 0) is 18.4 Å². The molecule has 94 valence electrons. The predicted octanol–water partition coefficient (Wildman–Crippen LogP) is 2.33. The van der Waals surface area contributed by atoms with Gasteiger partial charge in [0, 0.05) is 29.7 Å². The number of fused-ring (bicyclic) bond motifs is 1. The summed E-state index contributed by atoms with van der Waals surface area (Å²) in [5.74, 6) is 0.752. The van der Waals surface area contributed by atoms with Crippen LogP contribution >= 0.6 is 15.9 Å². The van der Waals surface area contributed by atoms with E-state index in [4.69, 9.17) is 0 Å². The van der Waals surface area contributed by atoms with Crippen molar-refractivity contribution in [3.63, 3.8) is 0 Å². The summed E-state index contributed by atoms with van der Waals surface area (Å²) in [5, 5.41) is 8.48. The third-order valence-corrected chi connectivity index (χ3v) is 3.77. The molecule has 1 aromatic carbocycles. The van der Waals surface area contributed by atoms with E-state index >= 15 is 0 Å².